The quantitative estimate of drug-likeness (QED) is 0.861. The summed E-state index contributed by atoms with van der Waals surface area (Å²) in [5, 5.41) is 9.52. The molecule has 0 radical (unpaired) electrons. The minimum Gasteiger partial charge on any atom is -0.481 e. The highest BCUT2D eigenvalue weighted by Crippen LogP contribution is 2.41. The van der Waals surface area contributed by atoms with Crippen LogP contribution in [0.3, 0.4) is 0 Å². The first-order chi connectivity index (χ1) is 8.06. The third kappa shape index (κ3) is 1.99. The van der Waals surface area contributed by atoms with Crippen LogP contribution in [0.1, 0.15) is 43.7 Å². The highest BCUT2D eigenvalue weighted by Gasteiger charge is 2.42. The molecule has 0 spiro atoms. The standard InChI is InChI=1S/C15H18O2/c1-11(2)12-6-5-7-13(10-12)15(14(16)17)8-3-4-9-15/h5-7,10H,1,3-4,8-9H2,2H3,(H,16,17). The molecule has 1 N–H and O–H groups in total. The summed E-state index contributed by atoms with van der Waals surface area (Å²) in [7, 11) is 0. The fourth-order valence-electron chi connectivity index (χ4n) is 2.69. The van der Waals surface area contributed by atoms with Gasteiger partial charge in [0, 0.05) is 0 Å². The van der Waals surface area contributed by atoms with E-state index in [2.05, 4.69) is 6.58 Å². The van der Waals surface area contributed by atoms with Gasteiger partial charge in [0.2, 0.25) is 0 Å². The van der Waals surface area contributed by atoms with Gasteiger partial charge in [0.25, 0.3) is 0 Å². The topological polar surface area (TPSA) is 37.3 Å². The Labute approximate surface area is 102 Å². The molecule has 0 aromatic heterocycles. The van der Waals surface area contributed by atoms with Crippen LogP contribution in [0.4, 0.5) is 0 Å². The van der Waals surface area contributed by atoms with Crippen LogP contribution in [0, 0.1) is 0 Å². The zero-order chi connectivity index (χ0) is 12.5. The number of benzene rings is 1. The molecule has 2 rings (SSSR count). The van der Waals surface area contributed by atoms with Gasteiger partial charge in [-0.3, -0.25) is 4.79 Å². The molecule has 90 valence electrons. The molecule has 2 heteroatoms. The first-order valence-corrected chi connectivity index (χ1v) is 6.06. The van der Waals surface area contributed by atoms with Crippen molar-refractivity contribution >= 4 is 11.5 Å². The van der Waals surface area contributed by atoms with E-state index in [0.717, 1.165) is 42.4 Å². The van der Waals surface area contributed by atoms with E-state index >= 15 is 0 Å². The molecule has 1 aromatic rings. The maximum atomic E-state index is 11.6. The smallest absolute Gasteiger partial charge is 0.314 e. The lowest BCUT2D eigenvalue weighted by atomic mass is 9.78. The van der Waals surface area contributed by atoms with Crippen molar-refractivity contribution < 1.29 is 9.90 Å². The van der Waals surface area contributed by atoms with Crippen LogP contribution in [0.25, 0.3) is 5.57 Å². The van der Waals surface area contributed by atoms with Crippen molar-refractivity contribution in [3.05, 3.63) is 42.0 Å². The van der Waals surface area contributed by atoms with Gasteiger partial charge in [-0.2, -0.15) is 0 Å². The van der Waals surface area contributed by atoms with Gasteiger partial charge in [0.15, 0.2) is 0 Å². The lowest BCUT2D eigenvalue weighted by Gasteiger charge is -2.25. The maximum Gasteiger partial charge on any atom is 0.314 e. The van der Waals surface area contributed by atoms with Crippen LogP contribution in [0.2, 0.25) is 0 Å². The molecule has 2 nitrogen and oxygen atoms in total. The van der Waals surface area contributed by atoms with Gasteiger partial charge in [-0.05, 0) is 30.9 Å². The van der Waals surface area contributed by atoms with E-state index in [9.17, 15) is 9.90 Å². The van der Waals surface area contributed by atoms with Crippen molar-refractivity contribution in [3.63, 3.8) is 0 Å². The lowest BCUT2D eigenvalue weighted by Crippen LogP contribution is -2.32. The molecule has 0 bridgehead atoms. The average Bonchev–Trinajstić information content (AvgIpc) is 2.79. The van der Waals surface area contributed by atoms with Crippen LogP contribution < -0.4 is 0 Å². The summed E-state index contributed by atoms with van der Waals surface area (Å²) >= 11 is 0. The number of rotatable bonds is 3. The zero-order valence-corrected chi connectivity index (χ0v) is 10.2. The minimum atomic E-state index is -0.686. The summed E-state index contributed by atoms with van der Waals surface area (Å²) in [4.78, 5) is 11.6. The highest BCUT2D eigenvalue weighted by atomic mass is 16.4. The van der Waals surface area contributed by atoms with Crippen molar-refractivity contribution in [3.8, 4) is 0 Å². The van der Waals surface area contributed by atoms with Crippen molar-refractivity contribution in [1.82, 2.24) is 0 Å². The third-order valence-corrected chi connectivity index (χ3v) is 3.77. The monoisotopic (exact) mass is 230 g/mol. The molecule has 0 unspecified atom stereocenters. The Hall–Kier alpha value is -1.57. The molecule has 1 aliphatic rings. The summed E-state index contributed by atoms with van der Waals surface area (Å²) in [5.41, 5.74) is 2.29. The van der Waals surface area contributed by atoms with E-state index in [1.165, 1.54) is 0 Å². The normalized spacial score (nSPS) is 17.9. The van der Waals surface area contributed by atoms with Crippen LogP contribution in [0.5, 0.6) is 0 Å². The van der Waals surface area contributed by atoms with Crippen LogP contribution in [-0.4, -0.2) is 11.1 Å². The fourth-order valence-corrected chi connectivity index (χ4v) is 2.69. The molecule has 1 aromatic carbocycles. The molecule has 0 heterocycles. The Kier molecular flexibility index (Phi) is 3.05. The molecule has 1 aliphatic carbocycles. The van der Waals surface area contributed by atoms with Gasteiger partial charge < -0.3 is 5.11 Å². The molecule has 0 aliphatic heterocycles. The van der Waals surface area contributed by atoms with E-state index in [1.54, 1.807) is 0 Å². The second-order valence-corrected chi connectivity index (χ2v) is 4.96. The zero-order valence-electron chi connectivity index (χ0n) is 10.2. The number of aliphatic carboxylic acids is 1. The molecular formula is C15H18O2. The minimum absolute atomic E-state index is 0.661. The Morgan fingerprint density at radius 3 is 2.53 bits per heavy atom. The Balaban J connectivity index is 2.47. The predicted molar refractivity (Wildman–Crippen MR) is 68.9 cm³/mol. The number of hydrogen-bond acceptors (Lipinski definition) is 1. The summed E-state index contributed by atoms with van der Waals surface area (Å²) in [6.07, 6.45) is 3.51. The molecule has 1 saturated carbocycles. The van der Waals surface area contributed by atoms with Gasteiger partial charge in [-0.25, -0.2) is 0 Å². The Morgan fingerprint density at radius 1 is 1.35 bits per heavy atom. The summed E-state index contributed by atoms with van der Waals surface area (Å²) in [5.74, 6) is -0.686. The van der Waals surface area contributed by atoms with Gasteiger partial charge in [0.05, 0.1) is 5.41 Å². The van der Waals surface area contributed by atoms with E-state index in [-0.39, 0.29) is 0 Å². The first-order valence-electron chi connectivity index (χ1n) is 6.06. The van der Waals surface area contributed by atoms with E-state index in [1.807, 2.05) is 31.2 Å². The van der Waals surface area contributed by atoms with E-state index in [4.69, 9.17) is 0 Å². The summed E-state index contributed by atoms with van der Waals surface area (Å²) in [6.45, 7) is 5.86. The second-order valence-electron chi connectivity index (χ2n) is 4.96. The van der Waals surface area contributed by atoms with Gasteiger partial charge >= 0.3 is 5.97 Å². The highest BCUT2D eigenvalue weighted by molar-refractivity contribution is 5.82. The SMILES string of the molecule is C=C(C)c1cccc(C2(C(=O)O)CCCC2)c1. The first kappa shape index (κ1) is 11.9. The predicted octanol–water partition coefficient (Wildman–Crippen LogP) is 3.62. The Morgan fingerprint density at radius 2 is 2.00 bits per heavy atom. The molecular weight excluding hydrogens is 212 g/mol. The van der Waals surface area contributed by atoms with Gasteiger partial charge in [-0.15, -0.1) is 0 Å². The van der Waals surface area contributed by atoms with Crippen LogP contribution in [0.15, 0.2) is 30.8 Å². The second kappa shape index (κ2) is 4.36. The number of carboxylic acids is 1. The van der Waals surface area contributed by atoms with Crippen LogP contribution in [-0.2, 0) is 10.2 Å². The molecule has 17 heavy (non-hydrogen) atoms. The molecule has 0 amide bonds. The number of carbonyl (C=O) groups is 1. The largest absolute Gasteiger partial charge is 0.481 e. The third-order valence-electron chi connectivity index (χ3n) is 3.77. The van der Waals surface area contributed by atoms with Gasteiger partial charge in [-0.1, -0.05) is 49.3 Å². The average molecular weight is 230 g/mol. The Bertz CT molecular complexity index is 454. The van der Waals surface area contributed by atoms with Gasteiger partial charge in [0.1, 0.15) is 0 Å². The molecule has 1 fully saturated rings. The summed E-state index contributed by atoms with van der Waals surface area (Å²) < 4.78 is 0. The number of carboxylic acid groups (broad SMARTS) is 1. The van der Waals surface area contributed by atoms with Crippen molar-refractivity contribution in [2.75, 3.05) is 0 Å². The molecule has 0 atom stereocenters. The molecule has 0 saturated heterocycles. The maximum absolute atomic E-state index is 11.6. The summed E-state index contributed by atoms with van der Waals surface area (Å²) in [6, 6.07) is 7.84. The van der Waals surface area contributed by atoms with E-state index < -0.39 is 11.4 Å². The van der Waals surface area contributed by atoms with Crippen LogP contribution >= 0.6 is 0 Å². The fraction of sp³-hybridized carbons (Fsp3) is 0.400. The van der Waals surface area contributed by atoms with E-state index in [0.29, 0.717) is 0 Å². The lowest BCUT2D eigenvalue weighted by molar-refractivity contribution is -0.143. The number of allylic oxidation sites excluding steroid dienone is 1. The van der Waals surface area contributed by atoms with Crippen molar-refractivity contribution in [2.24, 2.45) is 0 Å². The van der Waals surface area contributed by atoms with Crippen molar-refractivity contribution in [1.29, 1.82) is 0 Å². The van der Waals surface area contributed by atoms with Crippen molar-refractivity contribution in [2.45, 2.75) is 38.0 Å². The number of hydrogen-bond donors (Lipinski definition) is 1.